The molecule has 0 unspecified atom stereocenters. The van der Waals surface area contributed by atoms with Crippen molar-refractivity contribution in [1.82, 2.24) is 9.47 Å². The number of ketones is 1. The van der Waals surface area contributed by atoms with Gasteiger partial charge in [-0.1, -0.05) is 0 Å². The van der Waals surface area contributed by atoms with Gasteiger partial charge in [0.05, 0.1) is 24.1 Å². The number of hydrogen-bond acceptors (Lipinski definition) is 7. The predicted molar refractivity (Wildman–Crippen MR) is 157 cm³/mol. The third kappa shape index (κ3) is 6.83. The van der Waals surface area contributed by atoms with Gasteiger partial charge in [0.25, 0.3) is 0 Å². The Kier molecular flexibility index (Phi) is 9.17. The summed E-state index contributed by atoms with van der Waals surface area (Å²) in [4.78, 5) is 52.7. The second-order valence-electron chi connectivity index (χ2n) is 12.2. The van der Waals surface area contributed by atoms with E-state index in [0.29, 0.717) is 30.5 Å². The number of aromatic carboxylic acids is 1. The molecule has 1 saturated carbocycles. The van der Waals surface area contributed by atoms with Crippen LogP contribution in [0.15, 0.2) is 28.5 Å². The van der Waals surface area contributed by atoms with Crippen LogP contribution < -0.4 is 15.1 Å². The zero-order valence-corrected chi connectivity index (χ0v) is 25.5. The standard InChI is InChI=1S/C31H39F2N3O7/c1-17(34(5)30(41)43-31(2,3)4)24(37)12-11-22(32)18-8-7-13-35(15-18)26-23(33)14-20-25(28(26)42-6)36(19-9-10-19)16-21(27(20)38)29(39)40/h14,16-17,19H,7-13,15H2,1-6H3,(H,39,40)/b22-18+/t17-/m0/s1. The number of piperidine rings is 1. The van der Waals surface area contributed by atoms with E-state index >= 15 is 8.78 Å². The normalized spacial score (nSPS) is 17.4. The fourth-order valence-corrected chi connectivity index (χ4v) is 5.33. The van der Waals surface area contributed by atoms with E-state index in [2.05, 4.69) is 0 Å². The van der Waals surface area contributed by atoms with Crippen LogP contribution in [-0.4, -0.2) is 71.3 Å². The molecule has 0 bridgehead atoms. The molecule has 1 N–H and O–H groups in total. The van der Waals surface area contributed by atoms with E-state index in [0.717, 1.165) is 18.9 Å². The Labute approximate surface area is 248 Å². The fourth-order valence-electron chi connectivity index (χ4n) is 5.33. The number of likely N-dealkylation sites (N-methyl/N-ethyl adjacent to an activating group) is 1. The maximum absolute atomic E-state index is 15.7. The van der Waals surface area contributed by atoms with Crippen molar-refractivity contribution in [3.63, 3.8) is 0 Å². The van der Waals surface area contributed by atoms with Crippen LogP contribution in [0.4, 0.5) is 19.3 Å². The fraction of sp³-hybridized carbons (Fsp3) is 0.548. The second kappa shape index (κ2) is 12.3. The number of fused-ring (bicyclic) bond motifs is 1. The number of carbonyl (C=O) groups is 3. The Morgan fingerprint density at radius 1 is 1.21 bits per heavy atom. The van der Waals surface area contributed by atoms with Crippen LogP contribution in [0.5, 0.6) is 5.75 Å². The molecular formula is C31H39F2N3O7. The van der Waals surface area contributed by atoms with Crippen molar-refractivity contribution in [3.8, 4) is 5.75 Å². The first-order valence-electron chi connectivity index (χ1n) is 14.4. The van der Waals surface area contributed by atoms with Gasteiger partial charge in [0.15, 0.2) is 17.3 Å². The molecule has 1 amide bonds. The van der Waals surface area contributed by atoms with Gasteiger partial charge in [0.2, 0.25) is 5.43 Å². The van der Waals surface area contributed by atoms with Crippen LogP contribution >= 0.6 is 0 Å². The monoisotopic (exact) mass is 603 g/mol. The van der Waals surface area contributed by atoms with Gasteiger partial charge in [-0.15, -0.1) is 0 Å². The van der Waals surface area contributed by atoms with Crippen LogP contribution in [-0.2, 0) is 9.53 Å². The van der Waals surface area contributed by atoms with Gasteiger partial charge >= 0.3 is 12.1 Å². The zero-order chi connectivity index (χ0) is 31.8. The Morgan fingerprint density at radius 3 is 2.47 bits per heavy atom. The van der Waals surface area contributed by atoms with Gasteiger partial charge in [0, 0.05) is 45.2 Å². The van der Waals surface area contributed by atoms with E-state index in [1.807, 2.05) is 0 Å². The number of ether oxygens (including phenoxy) is 2. The number of Topliss-reactive ketones (excluding diaryl/α,β-unsaturated/α-hetero) is 1. The van der Waals surface area contributed by atoms with Crippen LogP contribution in [0.1, 0.15) is 82.6 Å². The zero-order valence-electron chi connectivity index (χ0n) is 25.5. The van der Waals surface area contributed by atoms with Gasteiger partial charge in [0.1, 0.15) is 22.7 Å². The number of hydrogen-bond donors (Lipinski definition) is 1. The SMILES string of the molecule is COc1c(N2CCC/C(=C(\F)CCC(=O)[C@H](C)N(C)C(=O)OC(C)(C)C)C2)c(F)cc2c(=O)c(C(=O)O)cn(C3CC3)c12. The number of carbonyl (C=O) groups excluding carboxylic acids is 2. The molecule has 1 aliphatic carbocycles. The second-order valence-corrected chi connectivity index (χ2v) is 12.2. The average molecular weight is 604 g/mol. The highest BCUT2D eigenvalue weighted by Crippen LogP contribution is 2.44. The number of aromatic nitrogens is 1. The summed E-state index contributed by atoms with van der Waals surface area (Å²) in [5, 5.41) is 9.47. The molecule has 0 radical (unpaired) electrons. The summed E-state index contributed by atoms with van der Waals surface area (Å²) in [6.45, 7) is 7.18. The minimum absolute atomic E-state index is 0.0445. The summed E-state index contributed by atoms with van der Waals surface area (Å²) < 4.78 is 43.8. The van der Waals surface area contributed by atoms with E-state index in [4.69, 9.17) is 9.47 Å². The van der Waals surface area contributed by atoms with Crippen molar-refractivity contribution >= 4 is 34.4 Å². The molecule has 4 rings (SSSR count). The lowest BCUT2D eigenvalue weighted by molar-refractivity contribution is -0.123. The number of pyridine rings is 1. The average Bonchev–Trinajstić information content (AvgIpc) is 3.79. The lowest BCUT2D eigenvalue weighted by Crippen LogP contribution is -2.43. The smallest absolute Gasteiger partial charge is 0.410 e. The first-order valence-corrected chi connectivity index (χ1v) is 14.4. The molecule has 2 fully saturated rings. The van der Waals surface area contributed by atoms with Gasteiger partial charge in [-0.25, -0.2) is 18.4 Å². The van der Waals surface area contributed by atoms with E-state index in [1.165, 1.54) is 25.3 Å². The highest BCUT2D eigenvalue weighted by atomic mass is 19.1. The van der Waals surface area contributed by atoms with Crippen molar-refractivity contribution in [2.45, 2.75) is 83.9 Å². The van der Waals surface area contributed by atoms with Crippen LogP contribution in [0.3, 0.4) is 0 Å². The first-order chi connectivity index (χ1) is 20.1. The maximum atomic E-state index is 15.7. The van der Waals surface area contributed by atoms with Gasteiger partial charge in [-0.3, -0.25) is 9.59 Å². The number of carboxylic acid groups (broad SMARTS) is 1. The van der Waals surface area contributed by atoms with Crippen LogP contribution in [0.25, 0.3) is 10.9 Å². The van der Waals surface area contributed by atoms with Crippen LogP contribution in [0.2, 0.25) is 0 Å². The molecule has 234 valence electrons. The highest BCUT2D eigenvalue weighted by molar-refractivity contribution is 5.97. The van der Waals surface area contributed by atoms with E-state index in [9.17, 15) is 24.3 Å². The molecule has 1 aromatic carbocycles. The Hall–Kier alpha value is -3.96. The molecule has 1 saturated heterocycles. The summed E-state index contributed by atoms with van der Waals surface area (Å²) in [5.41, 5.74) is -1.16. The molecule has 12 heteroatoms. The molecule has 2 heterocycles. The molecule has 43 heavy (non-hydrogen) atoms. The number of amides is 1. The molecular weight excluding hydrogens is 564 g/mol. The van der Waals surface area contributed by atoms with Crippen molar-refractivity contribution in [2.75, 3.05) is 32.1 Å². The summed E-state index contributed by atoms with van der Waals surface area (Å²) in [5.74, 6) is -2.87. The highest BCUT2D eigenvalue weighted by Gasteiger charge is 2.33. The van der Waals surface area contributed by atoms with Gasteiger partial charge < -0.3 is 28.9 Å². The minimum Gasteiger partial charge on any atom is -0.492 e. The lowest BCUT2D eigenvalue weighted by Gasteiger charge is -2.33. The lowest BCUT2D eigenvalue weighted by atomic mass is 9.99. The predicted octanol–water partition coefficient (Wildman–Crippen LogP) is 5.61. The van der Waals surface area contributed by atoms with Gasteiger partial charge in [-0.05, 0) is 65.0 Å². The largest absolute Gasteiger partial charge is 0.492 e. The van der Waals surface area contributed by atoms with Crippen molar-refractivity contribution < 1.29 is 37.7 Å². The maximum Gasteiger partial charge on any atom is 0.410 e. The summed E-state index contributed by atoms with van der Waals surface area (Å²) in [6.07, 6.45) is 2.85. The molecule has 2 aliphatic rings. The molecule has 0 spiro atoms. The van der Waals surface area contributed by atoms with Crippen LogP contribution in [0, 0.1) is 5.82 Å². The summed E-state index contributed by atoms with van der Waals surface area (Å²) >= 11 is 0. The quantitative estimate of drug-likeness (QED) is 0.393. The number of anilines is 1. The number of halogens is 2. The minimum atomic E-state index is -1.39. The van der Waals surface area contributed by atoms with Crippen molar-refractivity contribution in [3.05, 3.63) is 45.3 Å². The Balaban J connectivity index is 1.59. The third-order valence-electron chi connectivity index (χ3n) is 7.88. The molecule has 1 atom stereocenters. The van der Waals surface area contributed by atoms with E-state index in [1.54, 1.807) is 37.2 Å². The first kappa shape index (κ1) is 32.0. The van der Waals surface area contributed by atoms with Crippen molar-refractivity contribution in [1.29, 1.82) is 0 Å². The number of carboxylic acids is 1. The summed E-state index contributed by atoms with van der Waals surface area (Å²) in [6, 6.07) is 0.185. The Bertz CT molecular complexity index is 1540. The molecule has 1 aromatic heterocycles. The number of rotatable bonds is 9. The van der Waals surface area contributed by atoms with Crippen molar-refractivity contribution in [2.24, 2.45) is 0 Å². The number of benzene rings is 1. The number of methoxy groups -OCH3 is 1. The summed E-state index contributed by atoms with van der Waals surface area (Å²) in [7, 11) is 2.81. The third-order valence-corrected chi connectivity index (χ3v) is 7.88. The van der Waals surface area contributed by atoms with E-state index < -0.39 is 46.3 Å². The number of nitrogens with zero attached hydrogens (tertiary/aromatic N) is 3. The van der Waals surface area contributed by atoms with E-state index in [-0.39, 0.29) is 48.0 Å². The number of allylic oxidation sites excluding steroid dienone is 1. The molecule has 10 nitrogen and oxygen atoms in total. The molecule has 1 aliphatic heterocycles. The Morgan fingerprint density at radius 2 is 1.88 bits per heavy atom. The molecule has 2 aromatic rings. The topological polar surface area (TPSA) is 118 Å². The van der Waals surface area contributed by atoms with Gasteiger partial charge in [-0.2, -0.15) is 0 Å².